The van der Waals surface area contributed by atoms with Gasteiger partial charge >= 0.3 is 12.0 Å². The number of aliphatic carboxylic acids is 1. The lowest BCUT2D eigenvalue weighted by atomic mass is 10.2. The Balaban J connectivity index is 2.69. The Hall–Kier alpha value is -1.96. The summed E-state index contributed by atoms with van der Waals surface area (Å²) in [6, 6.07) is 1.96. The van der Waals surface area contributed by atoms with Crippen LogP contribution in [0.1, 0.15) is 6.42 Å². The minimum atomic E-state index is -1.11. The number of carbonyl (C=O) groups is 2. The predicted octanol–water partition coefficient (Wildman–Crippen LogP) is 2.16. The fourth-order valence-electron chi connectivity index (χ4n) is 1.58. The van der Waals surface area contributed by atoms with Gasteiger partial charge in [0.15, 0.2) is 0 Å². The first kappa shape index (κ1) is 17.1. The van der Waals surface area contributed by atoms with E-state index in [1.807, 2.05) is 6.26 Å². The molecule has 0 aliphatic heterocycles. The monoisotopic (exact) mass is 316 g/mol. The summed E-state index contributed by atoms with van der Waals surface area (Å²) < 4.78 is 18.0. The van der Waals surface area contributed by atoms with E-state index in [0.29, 0.717) is 12.2 Å². The number of rotatable bonds is 7. The van der Waals surface area contributed by atoms with Crippen molar-refractivity contribution >= 4 is 29.4 Å². The zero-order valence-corrected chi connectivity index (χ0v) is 12.5. The molecule has 0 saturated carbocycles. The van der Waals surface area contributed by atoms with Gasteiger partial charge < -0.3 is 20.5 Å². The third-order valence-electron chi connectivity index (χ3n) is 2.63. The molecular weight excluding hydrogens is 299 g/mol. The number of ether oxygens (including phenoxy) is 1. The number of urea groups is 1. The summed E-state index contributed by atoms with van der Waals surface area (Å²) in [5.41, 5.74) is 0.255. The molecule has 2 amide bonds. The number of carboxylic acid groups (broad SMARTS) is 1. The topological polar surface area (TPSA) is 87.7 Å². The lowest BCUT2D eigenvalue weighted by Crippen LogP contribution is -2.43. The van der Waals surface area contributed by atoms with Gasteiger partial charge in [-0.1, -0.05) is 0 Å². The number of hydrogen-bond acceptors (Lipinski definition) is 4. The Morgan fingerprint density at radius 3 is 2.76 bits per heavy atom. The van der Waals surface area contributed by atoms with Crippen molar-refractivity contribution in [1.29, 1.82) is 0 Å². The number of nitrogens with one attached hydrogen (secondary N) is 2. The van der Waals surface area contributed by atoms with E-state index in [9.17, 15) is 14.0 Å². The zero-order chi connectivity index (χ0) is 15.8. The lowest BCUT2D eigenvalue weighted by Gasteiger charge is -2.15. The number of amides is 2. The molecule has 0 fully saturated rings. The second-order valence-electron chi connectivity index (χ2n) is 4.12. The smallest absolute Gasteiger partial charge is 0.326 e. The van der Waals surface area contributed by atoms with Crippen LogP contribution in [0.2, 0.25) is 0 Å². The Bertz CT molecular complexity index is 513. The van der Waals surface area contributed by atoms with Crippen LogP contribution < -0.4 is 15.4 Å². The molecule has 1 atom stereocenters. The van der Waals surface area contributed by atoms with Gasteiger partial charge in [0.25, 0.3) is 0 Å². The number of hydrogen-bond donors (Lipinski definition) is 3. The predicted molar refractivity (Wildman–Crippen MR) is 79.5 cm³/mol. The minimum absolute atomic E-state index is 0.154. The van der Waals surface area contributed by atoms with Crippen molar-refractivity contribution in [3.05, 3.63) is 24.0 Å². The second kappa shape index (κ2) is 8.35. The molecule has 0 aliphatic carbocycles. The van der Waals surface area contributed by atoms with E-state index in [1.54, 1.807) is 0 Å². The van der Waals surface area contributed by atoms with Crippen LogP contribution in [0.3, 0.4) is 0 Å². The van der Waals surface area contributed by atoms with E-state index in [-0.39, 0.29) is 11.4 Å². The minimum Gasteiger partial charge on any atom is -0.494 e. The molecule has 21 heavy (non-hydrogen) atoms. The molecule has 116 valence electrons. The van der Waals surface area contributed by atoms with E-state index >= 15 is 0 Å². The summed E-state index contributed by atoms with van der Waals surface area (Å²) in [4.78, 5) is 22.8. The second-order valence-corrected chi connectivity index (χ2v) is 5.10. The lowest BCUT2D eigenvalue weighted by molar-refractivity contribution is -0.139. The zero-order valence-electron chi connectivity index (χ0n) is 11.7. The van der Waals surface area contributed by atoms with Gasteiger partial charge in [-0.25, -0.2) is 14.0 Å². The largest absolute Gasteiger partial charge is 0.494 e. The van der Waals surface area contributed by atoms with E-state index < -0.39 is 23.9 Å². The maximum Gasteiger partial charge on any atom is 0.326 e. The summed E-state index contributed by atoms with van der Waals surface area (Å²) in [5, 5.41) is 13.8. The molecular formula is C13H17FN2O4S. The first-order valence-electron chi connectivity index (χ1n) is 6.10. The van der Waals surface area contributed by atoms with Crippen LogP contribution >= 0.6 is 11.8 Å². The van der Waals surface area contributed by atoms with Crippen molar-refractivity contribution in [2.75, 3.05) is 24.4 Å². The molecule has 0 saturated heterocycles. The molecule has 0 aliphatic rings. The first-order chi connectivity index (χ1) is 9.97. The molecule has 0 spiro atoms. The number of halogens is 1. The normalized spacial score (nSPS) is 11.6. The maximum absolute atomic E-state index is 13.0. The Labute approximate surface area is 126 Å². The molecule has 6 nitrogen and oxygen atoms in total. The average molecular weight is 316 g/mol. The van der Waals surface area contributed by atoms with Crippen LogP contribution in [0.5, 0.6) is 5.75 Å². The molecule has 1 aromatic carbocycles. The van der Waals surface area contributed by atoms with Gasteiger partial charge in [-0.05, 0) is 30.6 Å². The number of thioether (sulfide) groups is 1. The van der Waals surface area contributed by atoms with Crippen LogP contribution in [-0.2, 0) is 4.79 Å². The van der Waals surface area contributed by atoms with Crippen LogP contribution in [0.15, 0.2) is 18.2 Å². The fourth-order valence-corrected chi connectivity index (χ4v) is 2.05. The fraction of sp³-hybridized carbons (Fsp3) is 0.385. The Kier molecular flexibility index (Phi) is 6.80. The summed E-state index contributed by atoms with van der Waals surface area (Å²) in [5.74, 6) is -0.843. The standard InChI is InChI=1S/C13H17FN2O4S/c1-20-11-7-8(14)3-4-9(11)15-13(19)16-10(12(17)18)5-6-21-2/h3-4,7,10H,5-6H2,1-2H3,(H,17,18)(H2,15,16,19)/t10-/m1/s1. The molecule has 0 aromatic heterocycles. The van der Waals surface area contributed by atoms with Crippen molar-refractivity contribution in [2.24, 2.45) is 0 Å². The van der Waals surface area contributed by atoms with Crippen molar-refractivity contribution in [1.82, 2.24) is 5.32 Å². The molecule has 1 aromatic rings. The Morgan fingerprint density at radius 1 is 1.48 bits per heavy atom. The molecule has 1 rings (SSSR count). The number of carbonyl (C=O) groups excluding carboxylic acids is 1. The van der Waals surface area contributed by atoms with Crippen LogP contribution in [0, 0.1) is 5.82 Å². The number of carboxylic acids is 1. The molecule has 0 radical (unpaired) electrons. The molecule has 3 N–H and O–H groups in total. The Morgan fingerprint density at radius 2 is 2.19 bits per heavy atom. The molecule has 8 heteroatoms. The van der Waals surface area contributed by atoms with E-state index in [2.05, 4.69) is 10.6 Å². The summed E-state index contributed by atoms with van der Waals surface area (Å²) in [6.45, 7) is 0. The van der Waals surface area contributed by atoms with Gasteiger partial charge in [0.05, 0.1) is 12.8 Å². The van der Waals surface area contributed by atoms with Gasteiger partial charge in [0.1, 0.15) is 17.6 Å². The van der Waals surface area contributed by atoms with Crippen molar-refractivity contribution in [3.63, 3.8) is 0 Å². The first-order valence-corrected chi connectivity index (χ1v) is 7.50. The van der Waals surface area contributed by atoms with E-state index in [0.717, 1.165) is 6.07 Å². The van der Waals surface area contributed by atoms with Gasteiger partial charge in [-0.3, -0.25) is 0 Å². The average Bonchev–Trinajstić information content (AvgIpc) is 2.44. The third kappa shape index (κ3) is 5.50. The third-order valence-corrected chi connectivity index (χ3v) is 3.27. The molecule has 0 bridgehead atoms. The summed E-state index contributed by atoms with van der Waals surface area (Å²) in [7, 11) is 1.34. The van der Waals surface area contributed by atoms with Crippen LogP contribution in [-0.4, -0.2) is 42.3 Å². The van der Waals surface area contributed by atoms with Crippen molar-refractivity contribution < 1.29 is 23.8 Å². The number of methoxy groups -OCH3 is 1. The SMILES string of the molecule is COc1cc(F)ccc1NC(=O)N[C@H](CCSC)C(=O)O. The van der Waals surface area contributed by atoms with E-state index in [1.165, 1.54) is 31.0 Å². The highest BCUT2D eigenvalue weighted by Gasteiger charge is 2.20. The summed E-state index contributed by atoms with van der Waals surface area (Å²) >= 11 is 1.49. The van der Waals surface area contributed by atoms with Crippen molar-refractivity contribution in [2.45, 2.75) is 12.5 Å². The summed E-state index contributed by atoms with van der Waals surface area (Å²) in [6.07, 6.45) is 2.16. The van der Waals surface area contributed by atoms with Gasteiger partial charge in [-0.15, -0.1) is 0 Å². The quantitative estimate of drug-likeness (QED) is 0.717. The van der Waals surface area contributed by atoms with Gasteiger partial charge in [-0.2, -0.15) is 11.8 Å². The van der Waals surface area contributed by atoms with Crippen molar-refractivity contribution in [3.8, 4) is 5.75 Å². The van der Waals surface area contributed by atoms with E-state index in [4.69, 9.17) is 9.84 Å². The van der Waals surface area contributed by atoms with Gasteiger partial charge in [0, 0.05) is 6.07 Å². The van der Waals surface area contributed by atoms with Crippen LogP contribution in [0.25, 0.3) is 0 Å². The maximum atomic E-state index is 13.0. The highest BCUT2D eigenvalue weighted by Crippen LogP contribution is 2.24. The highest BCUT2D eigenvalue weighted by molar-refractivity contribution is 7.98. The number of benzene rings is 1. The molecule has 0 heterocycles. The highest BCUT2D eigenvalue weighted by atomic mass is 32.2. The molecule has 0 unspecified atom stereocenters. The van der Waals surface area contributed by atoms with Crippen LogP contribution in [0.4, 0.5) is 14.9 Å². The van der Waals surface area contributed by atoms with Gasteiger partial charge in [0.2, 0.25) is 0 Å². The number of anilines is 1.